The number of nitrogen functional groups attached to an aromatic ring is 1. The summed E-state index contributed by atoms with van der Waals surface area (Å²) in [7, 11) is 0. The van der Waals surface area contributed by atoms with Gasteiger partial charge in [-0.05, 0) is 18.6 Å². The molecule has 0 saturated carbocycles. The number of nitrogens with zero attached hydrogens (tertiary/aromatic N) is 1. The van der Waals surface area contributed by atoms with E-state index in [4.69, 9.17) is 17.3 Å². The fourth-order valence-electron chi connectivity index (χ4n) is 1.28. The van der Waals surface area contributed by atoms with Crippen LogP contribution in [0.1, 0.15) is 5.56 Å². The predicted octanol–water partition coefficient (Wildman–Crippen LogP) is 2.76. The van der Waals surface area contributed by atoms with Crippen LogP contribution in [0.5, 0.6) is 0 Å². The first-order chi connectivity index (χ1) is 7.09. The van der Waals surface area contributed by atoms with Gasteiger partial charge in [-0.1, -0.05) is 23.7 Å². The first-order valence-corrected chi connectivity index (χ1v) is 4.73. The van der Waals surface area contributed by atoms with E-state index in [0.717, 1.165) is 5.56 Å². The molecule has 0 spiro atoms. The van der Waals surface area contributed by atoms with Gasteiger partial charge in [-0.25, -0.2) is 4.39 Å². The maximum atomic E-state index is 13.4. The third-order valence-corrected chi connectivity index (χ3v) is 2.60. The molecule has 0 fully saturated rings. The number of anilines is 1. The topological polar surface area (TPSA) is 54.7 Å². The molecule has 1 aromatic heterocycles. The Morgan fingerprint density at radius 1 is 1.47 bits per heavy atom. The molecular weight excluding hydrogens is 217 g/mol. The lowest BCUT2D eigenvalue weighted by atomic mass is 10.1. The van der Waals surface area contributed by atoms with Crippen molar-refractivity contribution >= 4 is 17.4 Å². The van der Waals surface area contributed by atoms with Crippen LogP contribution in [-0.4, -0.2) is 10.2 Å². The predicted molar refractivity (Wildman–Crippen MR) is 58.1 cm³/mol. The molecule has 5 heteroatoms. The van der Waals surface area contributed by atoms with Crippen molar-refractivity contribution in [2.45, 2.75) is 6.92 Å². The summed E-state index contributed by atoms with van der Waals surface area (Å²) in [6.07, 6.45) is 0. The van der Waals surface area contributed by atoms with Crippen molar-refractivity contribution in [2.24, 2.45) is 0 Å². The van der Waals surface area contributed by atoms with E-state index in [-0.39, 0.29) is 11.5 Å². The number of nitrogens with two attached hydrogens (primary N) is 1. The molecule has 0 unspecified atom stereocenters. The molecule has 0 amide bonds. The zero-order chi connectivity index (χ0) is 11.0. The zero-order valence-electron chi connectivity index (χ0n) is 8.01. The minimum atomic E-state index is -0.546. The molecule has 0 aliphatic heterocycles. The largest absolute Gasteiger partial charge is 0.380 e. The Kier molecular flexibility index (Phi) is 2.36. The average molecular weight is 226 g/mol. The van der Waals surface area contributed by atoms with Crippen LogP contribution in [0.4, 0.5) is 10.2 Å². The van der Waals surface area contributed by atoms with E-state index < -0.39 is 5.82 Å². The van der Waals surface area contributed by atoms with Gasteiger partial charge in [0.1, 0.15) is 5.69 Å². The lowest BCUT2D eigenvalue weighted by molar-refractivity contribution is 0.636. The Hall–Kier alpha value is -1.55. The first kappa shape index (κ1) is 9.98. The molecule has 0 bridgehead atoms. The van der Waals surface area contributed by atoms with E-state index in [9.17, 15) is 4.39 Å². The quantitative estimate of drug-likeness (QED) is 0.784. The van der Waals surface area contributed by atoms with Gasteiger partial charge in [-0.2, -0.15) is 5.10 Å². The van der Waals surface area contributed by atoms with E-state index in [0.29, 0.717) is 10.6 Å². The number of hydrogen-bond donors (Lipinski definition) is 2. The van der Waals surface area contributed by atoms with Crippen LogP contribution in [0.2, 0.25) is 5.02 Å². The third kappa shape index (κ3) is 1.68. The van der Waals surface area contributed by atoms with Gasteiger partial charge < -0.3 is 5.73 Å². The summed E-state index contributed by atoms with van der Waals surface area (Å²) in [6.45, 7) is 1.88. The molecule has 15 heavy (non-hydrogen) atoms. The molecule has 1 heterocycles. The van der Waals surface area contributed by atoms with Crippen molar-refractivity contribution in [2.75, 3.05) is 5.73 Å². The Morgan fingerprint density at radius 3 is 2.73 bits per heavy atom. The standard InChI is InChI=1S/C10H9ClFN3/c1-5-2-3-6(4-7(5)11)9-8(12)10(13)15-14-9/h2-4H,1H3,(H3,13,14,15). The summed E-state index contributed by atoms with van der Waals surface area (Å²) >= 11 is 5.93. The van der Waals surface area contributed by atoms with Crippen LogP contribution in [0, 0.1) is 12.7 Å². The Balaban J connectivity index is 2.55. The second-order valence-corrected chi connectivity index (χ2v) is 3.67. The smallest absolute Gasteiger partial charge is 0.192 e. The van der Waals surface area contributed by atoms with Crippen molar-refractivity contribution in [1.82, 2.24) is 10.2 Å². The van der Waals surface area contributed by atoms with E-state index in [1.54, 1.807) is 12.1 Å². The molecule has 0 radical (unpaired) electrons. The third-order valence-electron chi connectivity index (χ3n) is 2.19. The van der Waals surface area contributed by atoms with Gasteiger partial charge in [-0.15, -0.1) is 0 Å². The summed E-state index contributed by atoms with van der Waals surface area (Å²) < 4.78 is 13.4. The van der Waals surface area contributed by atoms with E-state index in [2.05, 4.69) is 10.2 Å². The van der Waals surface area contributed by atoms with Gasteiger partial charge in [0.15, 0.2) is 11.6 Å². The van der Waals surface area contributed by atoms with Crippen LogP contribution >= 0.6 is 11.6 Å². The van der Waals surface area contributed by atoms with E-state index >= 15 is 0 Å². The molecule has 1 aromatic carbocycles. The van der Waals surface area contributed by atoms with Crippen LogP contribution in [0.25, 0.3) is 11.3 Å². The molecule has 0 atom stereocenters. The number of aryl methyl sites for hydroxylation is 1. The Labute approximate surface area is 91.1 Å². The normalized spacial score (nSPS) is 10.6. The van der Waals surface area contributed by atoms with Crippen LogP contribution < -0.4 is 5.73 Å². The van der Waals surface area contributed by atoms with Gasteiger partial charge in [0.05, 0.1) is 0 Å². The van der Waals surface area contributed by atoms with Gasteiger partial charge in [0.2, 0.25) is 0 Å². The highest BCUT2D eigenvalue weighted by Gasteiger charge is 2.12. The number of rotatable bonds is 1. The van der Waals surface area contributed by atoms with Gasteiger partial charge in [0, 0.05) is 10.6 Å². The number of nitrogens with one attached hydrogen (secondary N) is 1. The average Bonchev–Trinajstić information content (AvgIpc) is 2.53. The molecule has 2 aromatic rings. The van der Waals surface area contributed by atoms with Crippen molar-refractivity contribution < 1.29 is 4.39 Å². The fourth-order valence-corrected chi connectivity index (χ4v) is 1.46. The molecule has 3 nitrogen and oxygen atoms in total. The van der Waals surface area contributed by atoms with Gasteiger partial charge >= 0.3 is 0 Å². The highest BCUT2D eigenvalue weighted by atomic mass is 35.5. The Morgan fingerprint density at radius 2 is 2.20 bits per heavy atom. The summed E-state index contributed by atoms with van der Waals surface area (Å²) in [4.78, 5) is 0. The number of aromatic nitrogens is 2. The van der Waals surface area contributed by atoms with Gasteiger partial charge in [0.25, 0.3) is 0 Å². The summed E-state index contributed by atoms with van der Waals surface area (Å²) in [5.41, 5.74) is 7.12. The summed E-state index contributed by atoms with van der Waals surface area (Å²) in [5, 5.41) is 6.69. The lowest BCUT2D eigenvalue weighted by Gasteiger charge is -2.01. The molecule has 0 aliphatic carbocycles. The van der Waals surface area contributed by atoms with Crippen LogP contribution in [0.15, 0.2) is 18.2 Å². The number of benzene rings is 1. The highest BCUT2D eigenvalue weighted by molar-refractivity contribution is 6.31. The second kappa shape index (κ2) is 3.55. The molecule has 3 N–H and O–H groups in total. The SMILES string of the molecule is Cc1ccc(-c2[nH]nc(N)c2F)cc1Cl. The Bertz CT molecular complexity index is 507. The maximum absolute atomic E-state index is 13.4. The number of halogens is 2. The number of hydrogen-bond acceptors (Lipinski definition) is 2. The molecular formula is C10H9ClFN3. The van der Waals surface area contributed by atoms with Crippen molar-refractivity contribution in [3.63, 3.8) is 0 Å². The van der Waals surface area contributed by atoms with E-state index in [1.165, 1.54) is 0 Å². The fraction of sp³-hybridized carbons (Fsp3) is 0.100. The van der Waals surface area contributed by atoms with Crippen molar-refractivity contribution in [3.8, 4) is 11.3 Å². The minimum Gasteiger partial charge on any atom is -0.380 e. The lowest BCUT2D eigenvalue weighted by Crippen LogP contribution is -1.87. The monoisotopic (exact) mass is 225 g/mol. The maximum Gasteiger partial charge on any atom is 0.192 e. The first-order valence-electron chi connectivity index (χ1n) is 4.35. The summed E-state index contributed by atoms with van der Waals surface area (Å²) in [5.74, 6) is -0.684. The van der Waals surface area contributed by atoms with Crippen molar-refractivity contribution in [3.05, 3.63) is 34.6 Å². The number of aromatic amines is 1. The van der Waals surface area contributed by atoms with E-state index in [1.807, 2.05) is 13.0 Å². The highest BCUT2D eigenvalue weighted by Crippen LogP contribution is 2.27. The minimum absolute atomic E-state index is 0.137. The second-order valence-electron chi connectivity index (χ2n) is 3.26. The summed E-state index contributed by atoms with van der Waals surface area (Å²) in [6, 6.07) is 5.25. The zero-order valence-corrected chi connectivity index (χ0v) is 8.77. The van der Waals surface area contributed by atoms with Gasteiger partial charge in [-0.3, -0.25) is 5.10 Å². The van der Waals surface area contributed by atoms with Crippen LogP contribution in [0.3, 0.4) is 0 Å². The van der Waals surface area contributed by atoms with Crippen LogP contribution in [-0.2, 0) is 0 Å². The molecule has 0 aliphatic rings. The molecule has 0 saturated heterocycles. The molecule has 2 rings (SSSR count). The number of H-pyrrole nitrogens is 1. The van der Waals surface area contributed by atoms with Crippen molar-refractivity contribution in [1.29, 1.82) is 0 Å². The molecule has 78 valence electrons.